The van der Waals surface area contributed by atoms with Crippen LogP contribution in [0.3, 0.4) is 0 Å². The van der Waals surface area contributed by atoms with Gasteiger partial charge in [-0.3, -0.25) is 9.89 Å². The number of piperazine rings is 1. The molecule has 2 rings (SSSR count). The highest BCUT2D eigenvalue weighted by Crippen LogP contribution is 2.06. The van der Waals surface area contributed by atoms with Crippen molar-refractivity contribution in [2.24, 2.45) is 10.9 Å². The van der Waals surface area contributed by atoms with Crippen LogP contribution in [0, 0.1) is 5.92 Å². The van der Waals surface area contributed by atoms with E-state index < -0.39 is 0 Å². The fraction of sp³-hybridized carbons (Fsp3) is 0.722. The summed E-state index contributed by atoms with van der Waals surface area (Å²) in [5, 5.41) is 11.5. The summed E-state index contributed by atoms with van der Waals surface area (Å²) < 4.78 is 2.08. The van der Waals surface area contributed by atoms with Crippen molar-refractivity contribution in [3.8, 4) is 0 Å². The first-order valence-electron chi connectivity index (χ1n) is 9.37. The molecule has 1 aromatic heterocycles. The number of halogens is 1. The summed E-state index contributed by atoms with van der Waals surface area (Å²) in [7, 11) is 0. The molecule has 0 radical (unpaired) electrons. The van der Waals surface area contributed by atoms with Gasteiger partial charge in [-0.05, 0) is 5.92 Å². The molecule has 1 fully saturated rings. The lowest BCUT2D eigenvalue weighted by Gasteiger charge is -2.37. The fourth-order valence-corrected chi connectivity index (χ4v) is 3.09. The van der Waals surface area contributed by atoms with Gasteiger partial charge in [-0.25, -0.2) is 0 Å². The highest BCUT2D eigenvalue weighted by Gasteiger charge is 2.19. The van der Waals surface area contributed by atoms with Crippen molar-refractivity contribution in [1.29, 1.82) is 0 Å². The Balaban J connectivity index is 0.00000338. The van der Waals surface area contributed by atoms with Crippen molar-refractivity contribution >= 4 is 29.9 Å². The molecule has 0 amide bonds. The summed E-state index contributed by atoms with van der Waals surface area (Å²) in [4.78, 5) is 9.70. The number of aromatic nitrogens is 3. The molecule has 7 nitrogen and oxygen atoms in total. The van der Waals surface area contributed by atoms with Crippen LogP contribution in [0.25, 0.3) is 0 Å². The topological polar surface area (TPSA) is 61.6 Å². The Kier molecular flexibility index (Phi) is 10.8. The van der Waals surface area contributed by atoms with Crippen LogP contribution in [0.1, 0.15) is 26.6 Å². The molecule has 1 saturated heterocycles. The van der Waals surface area contributed by atoms with Gasteiger partial charge in [0.2, 0.25) is 0 Å². The zero-order chi connectivity index (χ0) is 18.1. The Hall–Kier alpha value is -1.16. The highest BCUT2D eigenvalue weighted by atomic mass is 127. The van der Waals surface area contributed by atoms with E-state index in [1.807, 2.05) is 6.08 Å². The van der Waals surface area contributed by atoms with Gasteiger partial charge < -0.3 is 14.8 Å². The lowest BCUT2D eigenvalue weighted by Crippen LogP contribution is -2.53. The van der Waals surface area contributed by atoms with Gasteiger partial charge in [0.25, 0.3) is 0 Å². The third-order valence-corrected chi connectivity index (χ3v) is 4.31. The first-order valence-corrected chi connectivity index (χ1v) is 9.37. The SMILES string of the molecule is C=CCNC(=NCCn1cnnc1CC)N1CCN(CC(C)C)CC1.I. The Morgan fingerprint density at radius 1 is 1.35 bits per heavy atom. The van der Waals surface area contributed by atoms with Crippen molar-refractivity contribution in [1.82, 2.24) is 29.9 Å². The van der Waals surface area contributed by atoms with Crippen molar-refractivity contribution < 1.29 is 0 Å². The number of aryl methyl sites for hydroxylation is 1. The Morgan fingerprint density at radius 3 is 2.69 bits per heavy atom. The smallest absolute Gasteiger partial charge is 0.194 e. The molecule has 1 N–H and O–H groups in total. The monoisotopic (exact) mass is 475 g/mol. The van der Waals surface area contributed by atoms with E-state index in [1.54, 1.807) is 6.33 Å². The molecule has 26 heavy (non-hydrogen) atoms. The van der Waals surface area contributed by atoms with Crippen LogP contribution in [0.15, 0.2) is 24.0 Å². The maximum atomic E-state index is 4.81. The summed E-state index contributed by atoms with van der Waals surface area (Å²) in [6.45, 7) is 18.1. The van der Waals surface area contributed by atoms with Crippen LogP contribution in [-0.4, -0.2) is 76.3 Å². The number of hydrogen-bond donors (Lipinski definition) is 1. The third kappa shape index (κ3) is 7.22. The van der Waals surface area contributed by atoms with Crippen LogP contribution in [0.5, 0.6) is 0 Å². The summed E-state index contributed by atoms with van der Waals surface area (Å²) in [6, 6.07) is 0. The van der Waals surface area contributed by atoms with E-state index in [9.17, 15) is 0 Å². The van der Waals surface area contributed by atoms with Crippen molar-refractivity contribution in [3.05, 3.63) is 24.8 Å². The molecule has 1 aromatic rings. The largest absolute Gasteiger partial charge is 0.353 e. The van der Waals surface area contributed by atoms with E-state index in [1.165, 1.54) is 6.54 Å². The fourth-order valence-electron chi connectivity index (χ4n) is 3.09. The Morgan fingerprint density at radius 2 is 2.08 bits per heavy atom. The van der Waals surface area contributed by atoms with Crippen molar-refractivity contribution in [3.63, 3.8) is 0 Å². The van der Waals surface area contributed by atoms with Gasteiger partial charge in [-0.15, -0.1) is 40.8 Å². The minimum atomic E-state index is 0. The summed E-state index contributed by atoms with van der Waals surface area (Å²) in [5.41, 5.74) is 0. The average Bonchev–Trinajstić information content (AvgIpc) is 3.06. The molecule has 0 atom stereocenters. The maximum Gasteiger partial charge on any atom is 0.194 e. The molecule has 8 heteroatoms. The number of hydrogen-bond acceptors (Lipinski definition) is 4. The van der Waals surface area contributed by atoms with Crippen LogP contribution >= 0.6 is 24.0 Å². The molecule has 0 spiro atoms. The van der Waals surface area contributed by atoms with Gasteiger partial charge in [0.15, 0.2) is 5.96 Å². The number of guanidine groups is 1. The normalized spacial score (nSPS) is 15.8. The van der Waals surface area contributed by atoms with Gasteiger partial charge in [0, 0.05) is 52.2 Å². The first-order chi connectivity index (χ1) is 12.1. The van der Waals surface area contributed by atoms with Gasteiger partial charge >= 0.3 is 0 Å². The van der Waals surface area contributed by atoms with Crippen molar-refractivity contribution in [2.45, 2.75) is 33.7 Å². The summed E-state index contributed by atoms with van der Waals surface area (Å²) in [5.74, 6) is 2.71. The van der Waals surface area contributed by atoms with Crippen LogP contribution in [0.4, 0.5) is 0 Å². The number of nitrogens with one attached hydrogen (secondary N) is 1. The second-order valence-electron chi connectivity index (χ2n) is 6.85. The number of rotatable bonds is 8. The van der Waals surface area contributed by atoms with Crippen LogP contribution in [0.2, 0.25) is 0 Å². The second kappa shape index (κ2) is 12.3. The standard InChI is InChI=1S/C18H33N7.HI/c1-5-7-19-18(20-8-9-25-15-21-22-17(25)6-2)24-12-10-23(11-13-24)14-16(3)4;/h5,15-16H,1,6-14H2,2-4H3,(H,19,20);1H. The molecule has 1 aliphatic heterocycles. The predicted octanol–water partition coefficient (Wildman–Crippen LogP) is 1.86. The molecule has 0 unspecified atom stereocenters. The van der Waals surface area contributed by atoms with E-state index in [4.69, 9.17) is 4.99 Å². The van der Waals surface area contributed by atoms with E-state index in [0.29, 0.717) is 0 Å². The van der Waals surface area contributed by atoms with Gasteiger partial charge in [-0.1, -0.05) is 26.8 Å². The lowest BCUT2D eigenvalue weighted by molar-refractivity contribution is 0.164. The molecular weight excluding hydrogens is 441 g/mol. The molecule has 0 aliphatic carbocycles. The van der Waals surface area contributed by atoms with E-state index >= 15 is 0 Å². The summed E-state index contributed by atoms with van der Waals surface area (Å²) >= 11 is 0. The molecular formula is C18H34IN7. The molecule has 2 heterocycles. The Labute approximate surface area is 175 Å². The quantitative estimate of drug-likeness (QED) is 0.269. The van der Waals surface area contributed by atoms with E-state index in [2.05, 4.69) is 57.2 Å². The minimum absolute atomic E-state index is 0. The third-order valence-electron chi connectivity index (χ3n) is 4.31. The van der Waals surface area contributed by atoms with E-state index in [0.717, 1.165) is 69.9 Å². The molecule has 0 saturated carbocycles. The molecule has 0 bridgehead atoms. The minimum Gasteiger partial charge on any atom is -0.353 e. The van der Waals surface area contributed by atoms with Gasteiger partial charge in [0.1, 0.15) is 12.2 Å². The number of aliphatic imine (C=N–C) groups is 1. The van der Waals surface area contributed by atoms with Gasteiger partial charge in [0.05, 0.1) is 6.54 Å². The van der Waals surface area contributed by atoms with Gasteiger partial charge in [-0.2, -0.15) is 0 Å². The summed E-state index contributed by atoms with van der Waals surface area (Å²) in [6.07, 6.45) is 4.55. The zero-order valence-electron chi connectivity index (χ0n) is 16.4. The van der Waals surface area contributed by atoms with Crippen LogP contribution in [-0.2, 0) is 13.0 Å². The molecule has 0 aromatic carbocycles. The zero-order valence-corrected chi connectivity index (χ0v) is 18.7. The highest BCUT2D eigenvalue weighted by molar-refractivity contribution is 14.0. The van der Waals surface area contributed by atoms with E-state index in [-0.39, 0.29) is 24.0 Å². The number of nitrogens with zero attached hydrogens (tertiary/aromatic N) is 6. The first kappa shape index (κ1) is 22.9. The lowest BCUT2D eigenvalue weighted by atomic mass is 10.2. The molecule has 1 aliphatic rings. The predicted molar refractivity (Wildman–Crippen MR) is 118 cm³/mol. The Bertz CT molecular complexity index is 547. The second-order valence-corrected chi connectivity index (χ2v) is 6.85. The maximum absolute atomic E-state index is 4.81. The van der Waals surface area contributed by atoms with Crippen molar-refractivity contribution in [2.75, 3.05) is 45.8 Å². The molecule has 148 valence electrons. The average molecular weight is 475 g/mol. The van der Waals surface area contributed by atoms with Crippen LogP contribution < -0.4 is 5.32 Å².